The first kappa shape index (κ1) is 23.6. The fourth-order valence-electron chi connectivity index (χ4n) is 3.52. The van der Waals surface area contributed by atoms with Crippen molar-refractivity contribution in [2.75, 3.05) is 6.61 Å². The van der Waals surface area contributed by atoms with E-state index in [9.17, 15) is 25.0 Å². The summed E-state index contributed by atoms with van der Waals surface area (Å²) < 4.78 is 28.5. The van der Waals surface area contributed by atoms with E-state index in [4.69, 9.17) is 30.1 Å². The molecule has 2 fully saturated rings. The SMILES string of the molecule is C#C[C@@H](OC(=O)c1cc([N+](=O)[O-])cc([N+](=O)[O-])c1)[C@@H]1OC(C)(C)O[C@H]1[C@H]1COC(C)(C)O1. The molecule has 0 bridgehead atoms. The number of esters is 1. The molecule has 0 aromatic heterocycles. The van der Waals surface area contributed by atoms with Crippen LogP contribution in [0.3, 0.4) is 0 Å². The lowest BCUT2D eigenvalue weighted by molar-refractivity contribution is -0.394. The summed E-state index contributed by atoms with van der Waals surface area (Å²) in [4.78, 5) is 33.2. The lowest BCUT2D eigenvalue weighted by Crippen LogP contribution is -2.45. The predicted molar refractivity (Wildman–Crippen MR) is 107 cm³/mol. The van der Waals surface area contributed by atoms with Crippen LogP contribution in [0.25, 0.3) is 0 Å². The number of terminal acetylenes is 1. The number of benzene rings is 1. The zero-order chi connectivity index (χ0) is 23.8. The largest absolute Gasteiger partial charge is 0.443 e. The molecule has 0 radical (unpaired) electrons. The van der Waals surface area contributed by atoms with Crippen molar-refractivity contribution in [2.45, 2.75) is 63.7 Å². The van der Waals surface area contributed by atoms with Crippen LogP contribution in [0.5, 0.6) is 0 Å². The summed E-state index contributed by atoms with van der Waals surface area (Å²) in [6, 6.07) is 2.47. The third kappa shape index (κ3) is 5.03. The van der Waals surface area contributed by atoms with E-state index in [-0.39, 0.29) is 6.61 Å². The van der Waals surface area contributed by atoms with E-state index in [2.05, 4.69) is 5.92 Å². The van der Waals surface area contributed by atoms with Crippen LogP contribution in [-0.4, -0.2) is 58.4 Å². The molecule has 0 N–H and O–H groups in total. The standard InChI is InChI=1S/C20H22N2O10/c1-6-14(16-17(32-20(4,5)31-16)15-10-28-19(2,3)30-15)29-18(23)11-7-12(21(24)25)9-13(8-11)22(26)27/h1,7-9,14-17H,10H2,2-5H3/t14-,15-,16+,17+/m1/s1. The van der Waals surface area contributed by atoms with Gasteiger partial charge in [0.2, 0.25) is 0 Å². The second kappa shape index (κ2) is 8.44. The van der Waals surface area contributed by atoms with Crippen molar-refractivity contribution in [2.24, 2.45) is 0 Å². The lowest BCUT2D eigenvalue weighted by Gasteiger charge is -2.26. The third-order valence-electron chi connectivity index (χ3n) is 4.82. The summed E-state index contributed by atoms with van der Waals surface area (Å²) in [6.45, 7) is 6.96. The summed E-state index contributed by atoms with van der Waals surface area (Å²) in [6.07, 6.45) is 2.05. The molecule has 2 saturated heterocycles. The smallest absolute Gasteiger partial charge is 0.339 e. The highest BCUT2D eigenvalue weighted by atomic mass is 16.8. The summed E-state index contributed by atoms with van der Waals surface area (Å²) in [5.41, 5.74) is -1.68. The number of hydrogen-bond donors (Lipinski definition) is 0. The van der Waals surface area contributed by atoms with E-state index in [0.717, 1.165) is 18.2 Å². The van der Waals surface area contributed by atoms with Crippen molar-refractivity contribution < 1.29 is 38.3 Å². The van der Waals surface area contributed by atoms with Crippen LogP contribution < -0.4 is 0 Å². The topological polar surface area (TPSA) is 150 Å². The molecule has 0 unspecified atom stereocenters. The number of nitro groups is 2. The van der Waals surface area contributed by atoms with Crippen LogP contribution in [0.2, 0.25) is 0 Å². The van der Waals surface area contributed by atoms with Crippen molar-refractivity contribution >= 4 is 17.3 Å². The Kier molecular flexibility index (Phi) is 6.21. The highest BCUT2D eigenvalue weighted by Crippen LogP contribution is 2.37. The van der Waals surface area contributed by atoms with E-state index >= 15 is 0 Å². The summed E-state index contributed by atoms with van der Waals surface area (Å²) >= 11 is 0. The first-order valence-corrected chi connectivity index (χ1v) is 9.60. The quantitative estimate of drug-likeness (QED) is 0.273. The van der Waals surface area contributed by atoms with Gasteiger partial charge in [0.05, 0.1) is 28.1 Å². The maximum atomic E-state index is 12.7. The Morgan fingerprint density at radius 3 is 2.16 bits per heavy atom. The minimum Gasteiger partial charge on any atom is -0.443 e. The Balaban J connectivity index is 1.85. The molecule has 12 nitrogen and oxygen atoms in total. The molecule has 1 aromatic rings. The molecule has 0 spiro atoms. The number of nitro benzene ring substituents is 2. The van der Waals surface area contributed by atoms with Gasteiger partial charge in [0.15, 0.2) is 17.7 Å². The van der Waals surface area contributed by atoms with Crippen LogP contribution in [0.1, 0.15) is 38.1 Å². The van der Waals surface area contributed by atoms with Gasteiger partial charge in [-0.25, -0.2) is 4.79 Å². The number of hydrogen-bond acceptors (Lipinski definition) is 10. The van der Waals surface area contributed by atoms with Gasteiger partial charge in [0, 0.05) is 12.1 Å². The minimum absolute atomic E-state index is 0.190. The van der Waals surface area contributed by atoms with Gasteiger partial charge in [-0.3, -0.25) is 20.2 Å². The molecule has 4 atom stereocenters. The molecule has 12 heteroatoms. The zero-order valence-corrected chi connectivity index (χ0v) is 17.8. The highest BCUT2D eigenvalue weighted by molar-refractivity contribution is 5.91. The van der Waals surface area contributed by atoms with Crippen molar-refractivity contribution in [3.63, 3.8) is 0 Å². The molecule has 3 rings (SSSR count). The van der Waals surface area contributed by atoms with E-state index in [1.165, 1.54) is 0 Å². The molecule has 172 valence electrons. The molecule has 1 aromatic carbocycles. The van der Waals surface area contributed by atoms with Crippen molar-refractivity contribution in [1.82, 2.24) is 0 Å². The van der Waals surface area contributed by atoms with Crippen molar-refractivity contribution in [1.29, 1.82) is 0 Å². The molecule has 2 heterocycles. The third-order valence-corrected chi connectivity index (χ3v) is 4.82. The normalized spacial score (nSPS) is 26.8. The molecule has 2 aliphatic heterocycles. The maximum absolute atomic E-state index is 12.7. The second-order valence-corrected chi connectivity index (χ2v) is 8.18. The fourth-order valence-corrected chi connectivity index (χ4v) is 3.52. The van der Waals surface area contributed by atoms with Crippen molar-refractivity contribution in [3.05, 3.63) is 44.0 Å². The lowest BCUT2D eigenvalue weighted by atomic mass is 10.0. The van der Waals surface area contributed by atoms with Gasteiger partial charge in [0.1, 0.15) is 18.3 Å². The maximum Gasteiger partial charge on any atom is 0.339 e. The van der Waals surface area contributed by atoms with Crippen LogP contribution >= 0.6 is 0 Å². The van der Waals surface area contributed by atoms with Gasteiger partial charge < -0.3 is 23.7 Å². The van der Waals surface area contributed by atoms with Crippen LogP contribution in [-0.2, 0) is 23.7 Å². The molecule has 0 aliphatic carbocycles. The average Bonchev–Trinajstić information content (AvgIpc) is 3.23. The number of ether oxygens (including phenoxy) is 5. The van der Waals surface area contributed by atoms with E-state index in [1.807, 2.05) is 0 Å². The summed E-state index contributed by atoms with van der Waals surface area (Å²) in [5, 5.41) is 22.2. The van der Waals surface area contributed by atoms with Gasteiger partial charge >= 0.3 is 5.97 Å². The molecule has 0 saturated carbocycles. The van der Waals surface area contributed by atoms with Gasteiger partial charge in [0.25, 0.3) is 11.4 Å². The molecule has 0 amide bonds. The molecular weight excluding hydrogens is 428 g/mol. The monoisotopic (exact) mass is 450 g/mol. The predicted octanol–water partition coefficient (Wildman–Crippen LogP) is 2.33. The van der Waals surface area contributed by atoms with Gasteiger partial charge in [-0.2, -0.15) is 0 Å². The van der Waals surface area contributed by atoms with Crippen LogP contribution in [0, 0.1) is 32.6 Å². The van der Waals surface area contributed by atoms with E-state index in [1.54, 1.807) is 27.7 Å². The second-order valence-electron chi connectivity index (χ2n) is 8.18. The Morgan fingerprint density at radius 2 is 1.69 bits per heavy atom. The number of rotatable bonds is 6. The average molecular weight is 450 g/mol. The molecule has 2 aliphatic rings. The molecule has 32 heavy (non-hydrogen) atoms. The van der Waals surface area contributed by atoms with Gasteiger partial charge in [-0.15, -0.1) is 6.42 Å². The Labute approximate surface area is 183 Å². The fraction of sp³-hybridized carbons (Fsp3) is 0.550. The number of carbonyl (C=O) groups is 1. The summed E-state index contributed by atoms with van der Waals surface area (Å²) in [5.74, 6) is -0.692. The van der Waals surface area contributed by atoms with Gasteiger partial charge in [-0.1, -0.05) is 5.92 Å². The summed E-state index contributed by atoms with van der Waals surface area (Å²) in [7, 11) is 0. The first-order valence-electron chi connectivity index (χ1n) is 9.60. The zero-order valence-electron chi connectivity index (χ0n) is 17.8. The number of non-ortho nitro benzene ring substituents is 2. The van der Waals surface area contributed by atoms with E-state index in [0.29, 0.717) is 0 Å². The number of carbonyl (C=O) groups excluding carboxylic acids is 1. The Bertz CT molecular complexity index is 951. The Hall–Kier alpha value is -3.11. The Morgan fingerprint density at radius 1 is 1.09 bits per heavy atom. The highest BCUT2D eigenvalue weighted by Gasteiger charge is 2.53. The van der Waals surface area contributed by atoms with Crippen molar-refractivity contribution in [3.8, 4) is 12.3 Å². The minimum atomic E-state index is -1.28. The molecular formula is C20H22N2O10. The van der Waals surface area contributed by atoms with Crippen LogP contribution in [0.4, 0.5) is 11.4 Å². The van der Waals surface area contributed by atoms with Crippen LogP contribution in [0.15, 0.2) is 18.2 Å². The van der Waals surface area contributed by atoms with E-state index < -0.39 is 68.7 Å². The first-order chi connectivity index (χ1) is 14.8. The van der Waals surface area contributed by atoms with Gasteiger partial charge in [-0.05, 0) is 27.7 Å². The number of nitrogens with zero attached hydrogens (tertiary/aromatic N) is 2.